The van der Waals surface area contributed by atoms with Crippen LogP contribution in [0.1, 0.15) is 42.0 Å². The predicted octanol–water partition coefficient (Wildman–Crippen LogP) is 5.47. The van der Waals surface area contributed by atoms with E-state index in [9.17, 15) is 9.18 Å². The van der Waals surface area contributed by atoms with Crippen molar-refractivity contribution in [3.8, 4) is 5.75 Å². The molecule has 0 bridgehead atoms. The molecule has 186 valence electrons. The van der Waals surface area contributed by atoms with Gasteiger partial charge in [-0.15, -0.1) is 0 Å². The van der Waals surface area contributed by atoms with E-state index in [1.807, 2.05) is 24.3 Å². The molecule has 0 radical (unpaired) electrons. The largest absolute Gasteiger partial charge is 0.497 e. The summed E-state index contributed by atoms with van der Waals surface area (Å²) in [4.78, 5) is 15.7. The molecule has 0 saturated carbocycles. The van der Waals surface area contributed by atoms with E-state index in [-0.39, 0.29) is 17.8 Å². The Morgan fingerprint density at radius 2 is 1.67 bits per heavy atom. The Morgan fingerprint density at radius 3 is 2.36 bits per heavy atom. The number of amides is 1. The minimum atomic E-state index is -0.320. The summed E-state index contributed by atoms with van der Waals surface area (Å²) < 4.78 is 19.8. The second-order valence-corrected chi connectivity index (χ2v) is 9.67. The molecule has 5 nitrogen and oxygen atoms in total. The number of ether oxygens (including phenoxy) is 1. The number of benzene rings is 3. The summed E-state index contributed by atoms with van der Waals surface area (Å²) in [5.41, 5.74) is 3.39. The first-order chi connectivity index (χ1) is 17.6. The van der Waals surface area contributed by atoms with Crippen molar-refractivity contribution in [3.05, 3.63) is 101 Å². The van der Waals surface area contributed by atoms with Crippen LogP contribution in [0.25, 0.3) is 0 Å². The molecule has 5 rings (SSSR count). The Kier molecular flexibility index (Phi) is 7.42. The van der Waals surface area contributed by atoms with Gasteiger partial charge in [-0.25, -0.2) is 9.40 Å². The lowest BCUT2D eigenvalue weighted by atomic mass is 9.90. The van der Waals surface area contributed by atoms with Crippen LogP contribution in [0.15, 0.2) is 84.0 Å². The number of hydrogen-bond donors (Lipinski definition) is 0. The van der Waals surface area contributed by atoms with Gasteiger partial charge in [0.25, 0.3) is 5.91 Å². The van der Waals surface area contributed by atoms with Gasteiger partial charge in [0.1, 0.15) is 11.6 Å². The number of halogens is 1. The summed E-state index contributed by atoms with van der Waals surface area (Å²) in [6, 6.07) is 24.7. The number of piperidine rings is 1. The van der Waals surface area contributed by atoms with E-state index in [1.165, 1.54) is 11.6 Å². The normalized spacial score (nSPS) is 18.8. The van der Waals surface area contributed by atoms with E-state index in [0.717, 1.165) is 43.7 Å². The average molecular weight is 486 g/mol. The molecule has 2 heterocycles. The van der Waals surface area contributed by atoms with Crippen LogP contribution in [0.3, 0.4) is 0 Å². The van der Waals surface area contributed by atoms with Crippen LogP contribution in [0.2, 0.25) is 0 Å². The molecule has 2 aliphatic rings. The first kappa shape index (κ1) is 24.2. The summed E-state index contributed by atoms with van der Waals surface area (Å²) in [5, 5.41) is 6.23. The van der Waals surface area contributed by atoms with E-state index in [1.54, 1.807) is 30.3 Å². The first-order valence-electron chi connectivity index (χ1n) is 12.7. The van der Waals surface area contributed by atoms with Gasteiger partial charge < -0.3 is 4.74 Å². The highest BCUT2D eigenvalue weighted by Gasteiger charge is 2.35. The summed E-state index contributed by atoms with van der Waals surface area (Å²) in [7, 11) is 1.63. The number of hydrazone groups is 1. The molecule has 6 heteroatoms. The lowest BCUT2D eigenvalue weighted by molar-refractivity contribution is -0.134. The number of hydrogen-bond acceptors (Lipinski definition) is 4. The van der Waals surface area contributed by atoms with Gasteiger partial charge in [0.2, 0.25) is 0 Å². The van der Waals surface area contributed by atoms with Gasteiger partial charge in [-0.1, -0.05) is 60.7 Å². The molecule has 1 atom stereocenters. The summed E-state index contributed by atoms with van der Waals surface area (Å²) in [5.74, 6) is 1.02. The van der Waals surface area contributed by atoms with Crippen molar-refractivity contribution in [2.45, 2.75) is 31.7 Å². The summed E-state index contributed by atoms with van der Waals surface area (Å²) in [6.45, 7) is 2.11. The molecule has 3 aromatic rings. The third-order valence-electron chi connectivity index (χ3n) is 7.28. The predicted molar refractivity (Wildman–Crippen MR) is 139 cm³/mol. The van der Waals surface area contributed by atoms with E-state index in [0.29, 0.717) is 30.2 Å². The molecule has 0 aromatic heterocycles. The van der Waals surface area contributed by atoms with E-state index < -0.39 is 0 Å². The zero-order chi connectivity index (χ0) is 24.9. The lowest BCUT2D eigenvalue weighted by Crippen LogP contribution is -2.42. The zero-order valence-electron chi connectivity index (χ0n) is 20.6. The maximum atomic E-state index is 14.6. The number of carbonyl (C=O) groups is 1. The van der Waals surface area contributed by atoms with E-state index >= 15 is 0 Å². The third-order valence-corrected chi connectivity index (χ3v) is 7.28. The highest BCUT2D eigenvalue weighted by molar-refractivity contribution is 6.03. The molecular weight excluding hydrogens is 453 g/mol. The summed E-state index contributed by atoms with van der Waals surface area (Å²) in [6.07, 6.45) is 3.71. The topological polar surface area (TPSA) is 45.1 Å². The Balaban J connectivity index is 1.28. The van der Waals surface area contributed by atoms with Crippen LogP contribution < -0.4 is 4.74 Å². The number of methoxy groups -OCH3 is 1. The van der Waals surface area contributed by atoms with Gasteiger partial charge >= 0.3 is 0 Å². The molecule has 0 unspecified atom stereocenters. The average Bonchev–Trinajstić information content (AvgIpc) is 3.36. The van der Waals surface area contributed by atoms with E-state index in [4.69, 9.17) is 4.74 Å². The zero-order valence-corrected chi connectivity index (χ0v) is 20.6. The molecule has 1 fully saturated rings. The summed E-state index contributed by atoms with van der Waals surface area (Å²) >= 11 is 0. The van der Waals surface area contributed by atoms with Gasteiger partial charge in [-0.3, -0.25) is 9.69 Å². The number of carbonyl (C=O) groups excluding carboxylic acids is 1. The van der Waals surface area contributed by atoms with Crippen molar-refractivity contribution in [1.82, 2.24) is 9.91 Å². The quantitative estimate of drug-likeness (QED) is 0.446. The molecule has 1 amide bonds. The van der Waals surface area contributed by atoms with Crippen LogP contribution in [0.5, 0.6) is 5.75 Å². The molecule has 3 aromatic carbocycles. The first-order valence-corrected chi connectivity index (χ1v) is 12.7. The van der Waals surface area contributed by atoms with Crippen LogP contribution in [-0.4, -0.2) is 48.3 Å². The van der Waals surface area contributed by atoms with Gasteiger partial charge in [0.15, 0.2) is 0 Å². The second kappa shape index (κ2) is 11.0. The van der Waals surface area contributed by atoms with Crippen molar-refractivity contribution in [2.75, 3.05) is 26.7 Å². The maximum absolute atomic E-state index is 14.6. The third kappa shape index (κ3) is 5.49. The molecule has 0 N–H and O–H groups in total. The van der Waals surface area contributed by atoms with Crippen LogP contribution in [0.4, 0.5) is 4.39 Å². The molecule has 36 heavy (non-hydrogen) atoms. The van der Waals surface area contributed by atoms with Crippen LogP contribution >= 0.6 is 0 Å². The maximum Gasteiger partial charge on any atom is 0.257 e. The second-order valence-electron chi connectivity index (χ2n) is 9.67. The fraction of sp³-hybridized carbons (Fsp3) is 0.333. The monoisotopic (exact) mass is 485 g/mol. The Morgan fingerprint density at radius 1 is 0.972 bits per heavy atom. The smallest absolute Gasteiger partial charge is 0.257 e. The Bertz CT molecular complexity index is 1200. The van der Waals surface area contributed by atoms with Gasteiger partial charge in [-0.2, -0.15) is 5.10 Å². The van der Waals surface area contributed by atoms with Crippen molar-refractivity contribution < 1.29 is 13.9 Å². The number of likely N-dealkylation sites (tertiary alicyclic amines) is 1. The van der Waals surface area contributed by atoms with E-state index in [2.05, 4.69) is 40.3 Å². The van der Waals surface area contributed by atoms with Crippen molar-refractivity contribution >= 4 is 11.6 Å². The van der Waals surface area contributed by atoms with Gasteiger partial charge in [-0.05, 0) is 67.6 Å². The van der Waals surface area contributed by atoms with Crippen molar-refractivity contribution in [3.63, 3.8) is 0 Å². The number of rotatable bonds is 7. The highest BCUT2D eigenvalue weighted by Crippen LogP contribution is 2.34. The van der Waals surface area contributed by atoms with Gasteiger partial charge in [0, 0.05) is 12.0 Å². The SMILES string of the molecule is COc1ccc([C@H]2CC(c3ccccc3F)=NN2C(=O)CN2CCC(Cc3ccccc3)CC2)cc1. The molecule has 2 aliphatic heterocycles. The Labute approximate surface area is 212 Å². The lowest BCUT2D eigenvalue weighted by Gasteiger charge is -2.33. The molecular formula is C30H32FN3O2. The standard InChI is InChI=1S/C30H32FN3O2/c1-36-25-13-11-24(12-14-25)29-20-28(26-9-5-6-10-27(26)31)32-34(29)30(35)21-33-17-15-23(16-18-33)19-22-7-3-2-4-8-22/h2-14,23,29H,15-21H2,1H3/t29-/m1/s1. The van der Waals surface area contributed by atoms with Crippen LogP contribution in [0, 0.1) is 11.7 Å². The van der Waals surface area contributed by atoms with Crippen LogP contribution in [-0.2, 0) is 11.2 Å². The highest BCUT2D eigenvalue weighted by atomic mass is 19.1. The minimum absolute atomic E-state index is 0.0522. The Hall–Kier alpha value is -3.51. The molecule has 0 aliphatic carbocycles. The fourth-order valence-corrected chi connectivity index (χ4v) is 5.24. The van der Waals surface area contributed by atoms with Gasteiger partial charge in [0.05, 0.1) is 25.4 Å². The van der Waals surface area contributed by atoms with Crippen molar-refractivity contribution in [2.24, 2.45) is 11.0 Å². The molecule has 1 saturated heterocycles. The fourth-order valence-electron chi connectivity index (χ4n) is 5.24. The molecule has 0 spiro atoms. The van der Waals surface area contributed by atoms with Crippen molar-refractivity contribution in [1.29, 1.82) is 0 Å². The minimum Gasteiger partial charge on any atom is -0.497 e. The number of nitrogens with zero attached hydrogens (tertiary/aromatic N) is 3.